The first-order valence-corrected chi connectivity index (χ1v) is 13.6. The normalized spacial score (nSPS) is 22.5. The number of hydrogen-bond donors (Lipinski definition) is 3. The minimum absolute atomic E-state index is 0.0606. The number of urea groups is 1. The van der Waals surface area contributed by atoms with Gasteiger partial charge in [-0.05, 0) is 48.1 Å². The van der Waals surface area contributed by atoms with E-state index in [0.717, 1.165) is 54.5 Å². The van der Waals surface area contributed by atoms with Crippen LogP contribution in [0, 0.1) is 11.3 Å². The number of rotatable bonds is 11. The number of ketones is 1. The Morgan fingerprint density at radius 1 is 1.09 bits per heavy atom. The quantitative estimate of drug-likeness (QED) is 0.308. The van der Waals surface area contributed by atoms with Gasteiger partial charge in [0.2, 0.25) is 0 Å². The van der Waals surface area contributed by atoms with E-state index in [2.05, 4.69) is 23.6 Å². The zero-order valence-corrected chi connectivity index (χ0v) is 21.1. The third kappa shape index (κ3) is 5.71. The topological polar surface area (TPSA) is 108 Å². The molecule has 0 bridgehead atoms. The number of thioether (sulfide) groups is 1. The summed E-state index contributed by atoms with van der Waals surface area (Å²) in [5.41, 5.74) is 9.40. The number of nitrogens with two attached hydrogens (primary N) is 1. The van der Waals surface area contributed by atoms with Crippen molar-refractivity contribution in [2.75, 3.05) is 5.75 Å². The Bertz CT molecular complexity index is 1080. The average Bonchev–Trinajstić information content (AvgIpc) is 3.44. The van der Waals surface area contributed by atoms with E-state index in [4.69, 9.17) is 11.0 Å². The molecule has 2 aromatic rings. The monoisotopic (exact) mass is 490 g/mol. The van der Waals surface area contributed by atoms with Gasteiger partial charge < -0.3 is 16.4 Å². The van der Waals surface area contributed by atoms with E-state index in [1.54, 1.807) is 0 Å². The first kappa shape index (κ1) is 25.3. The van der Waals surface area contributed by atoms with E-state index in [1.807, 2.05) is 60.3 Å². The number of Topliss-reactive ketones (excluding diaryl/α,β-unsaturated/α-hetero) is 1. The SMILES string of the molecule is CCCCC(N)(C(=O)CCCC[C@@H]1SCC2NC(=O)NC21)c1ccc(-c2ccc(C#N)cc2)cc1. The van der Waals surface area contributed by atoms with Gasteiger partial charge in [0, 0.05) is 17.4 Å². The minimum atomic E-state index is -0.976. The minimum Gasteiger partial charge on any atom is -0.332 e. The Kier molecular flexibility index (Phi) is 8.15. The molecule has 2 amide bonds. The van der Waals surface area contributed by atoms with Crippen molar-refractivity contribution in [1.82, 2.24) is 10.6 Å². The molecule has 2 heterocycles. The first-order chi connectivity index (χ1) is 16.9. The van der Waals surface area contributed by atoms with E-state index >= 15 is 0 Å². The maximum absolute atomic E-state index is 13.4. The van der Waals surface area contributed by atoms with Crippen LogP contribution in [0.25, 0.3) is 11.1 Å². The number of amides is 2. The number of unbranched alkanes of at least 4 members (excludes halogenated alkanes) is 2. The first-order valence-electron chi connectivity index (χ1n) is 12.6. The lowest BCUT2D eigenvalue weighted by Crippen LogP contribution is -2.45. The third-order valence-electron chi connectivity index (χ3n) is 7.25. The Balaban J connectivity index is 1.37. The third-order valence-corrected chi connectivity index (χ3v) is 8.76. The van der Waals surface area contributed by atoms with Crippen LogP contribution in [0.3, 0.4) is 0 Å². The van der Waals surface area contributed by atoms with Gasteiger partial charge in [0.15, 0.2) is 5.78 Å². The molecule has 0 spiro atoms. The number of carbonyl (C=O) groups is 2. The molecule has 2 aliphatic heterocycles. The molecule has 0 aliphatic carbocycles. The van der Waals surface area contributed by atoms with E-state index in [0.29, 0.717) is 23.7 Å². The highest BCUT2D eigenvalue weighted by Crippen LogP contribution is 2.34. The van der Waals surface area contributed by atoms with Gasteiger partial charge in [0.05, 0.1) is 23.7 Å². The zero-order chi connectivity index (χ0) is 24.8. The summed E-state index contributed by atoms with van der Waals surface area (Å²) < 4.78 is 0. The second-order valence-electron chi connectivity index (χ2n) is 9.63. The molecule has 0 radical (unpaired) electrons. The van der Waals surface area contributed by atoms with Crippen LogP contribution >= 0.6 is 11.8 Å². The van der Waals surface area contributed by atoms with Crippen molar-refractivity contribution in [3.05, 3.63) is 59.7 Å². The molecule has 4 rings (SSSR count). The number of hydrogen-bond acceptors (Lipinski definition) is 5. The summed E-state index contributed by atoms with van der Waals surface area (Å²) in [4.78, 5) is 25.0. The highest BCUT2D eigenvalue weighted by molar-refractivity contribution is 8.00. The molecule has 0 saturated carbocycles. The molecular weight excluding hydrogens is 456 g/mol. The smallest absolute Gasteiger partial charge is 0.315 e. The van der Waals surface area contributed by atoms with Gasteiger partial charge in [-0.25, -0.2) is 4.79 Å². The molecule has 7 heteroatoms. The highest BCUT2D eigenvalue weighted by Gasteiger charge is 2.42. The van der Waals surface area contributed by atoms with Crippen molar-refractivity contribution in [3.63, 3.8) is 0 Å². The molecule has 3 unspecified atom stereocenters. The van der Waals surface area contributed by atoms with Gasteiger partial charge >= 0.3 is 6.03 Å². The number of carbonyl (C=O) groups excluding carboxylic acids is 2. The molecule has 35 heavy (non-hydrogen) atoms. The fraction of sp³-hybridized carbons (Fsp3) is 0.464. The van der Waals surface area contributed by atoms with Gasteiger partial charge in [0.25, 0.3) is 0 Å². The standard InChI is InChI=1S/C28H34N4O2S/c1-2-3-16-28(30,22-14-12-21(13-15-22)20-10-8-19(17-29)9-11-20)25(33)7-5-4-6-24-26-23(18-35-24)31-27(34)32-26/h8-15,23-24,26H,2-7,16,18,30H2,1H3,(H2,31,32,34)/t23?,24-,26?,28?/m0/s1. The second-order valence-corrected chi connectivity index (χ2v) is 10.9. The average molecular weight is 491 g/mol. The molecule has 4 atom stereocenters. The van der Waals surface area contributed by atoms with Crippen LogP contribution < -0.4 is 16.4 Å². The van der Waals surface area contributed by atoms with Gasteiger partial charge in [-0.2, -0.15) is 17.0 Å². The van der Waals surface area contributed by atoms with Crippen LogP contribution in [-0.4, -0.2) is 34.9 Å². The lowest BCUT2D eigenvalue weighted by molar-refractivity contribution is -0.125. The number of nitriles is 1. The molecule has 2 saturated heterocycles. The molecule has 6 nitrogen and oxygen atoms in total. The summed E-state index contributed by atoms with van der Waals surface area (Å²) in [7, 11) is 0. The van der Waals surface area contributed by atoms with Gasteiger partial charge in [-0.15, -0.1) is 0 Å². The lowest BCUT2D eigenvalue weighted by atomic mass is 9.80. The van der Waals surface area contributed by atoms with E-state index < -0.39 is 5.54 Å². The van der Waals surface area contributed by atoms with Gasteiger partial charge in [0.1, 0.15) is 5.54 Å². The van der Waals surface area contributed by atoms with E-state index in [9.17, 15) is 9.59 Å². The highest BCUT2D eigenvalue weighted by atomic mass is 32.2. The van der Waals surface area contributed by atoms with Crippen LogP contribution in [0.2, 0.25) is 0 Å². The van der Waals surface area contributed by atoms with Crippen molar-refractivity contribution in [2.24, 2.45) is 5.73 Å². The van der Waals surface area contributed by atoms with Crippen molar-refractivity contribution in [2.45, 2.75) is 74.7 Å². The Morgan fingerprint density at radius 3 is 2.43 bits per heavy atom. The summed E-state index contributed by atoms with van der Waals surface area (Å²) in [5.74, 6) is 1.05. The summed E-state index contributed by atoms with van der Waals surface area (Å²) in [6.45, 7) is 2.11. The Labute approximate surface area is 212 Å². The fourth-order valence-electron chi connectivity index (χ4n) is 5.09. The predicted octanol–water partition coefficient (Wildman–Crippen LogP) is 4.86. The molecule has 184 valence electrons. The molecule has 4 N–H and O–H groups in total. The van der Waals surface area contributed by atoms with Crippen molar-refractivity contribution >= 4 is 23.6 Å². The van der Waals surface area contributed by atoms with Gasteiger partial charge in [-0.3, -0.25) is 4.79 Å². The van der Waals surface area contributed by atoms with Crippen molar-refractivity contribution in [3.8, 4) is 17.2 Å². The molecule has 2 aromatic carbocycles. The lowest BCUT2D eigenvalue weighted by Gasteiger charge is -2.29. The number of nitrogens with zero attached hydrogens (tertiary/aromatic N) is 1. The molecule has 2 aliphatic rings. The largest absolute Gasteiger partial charge is 0.332 e. The zero-order valence-electron chi connectivity index (χ0n) is 20.3. The summed E-state index contributed by atoms with van der Waals surface area (Å²) >= 11 is 1.91. The number of benzene rings is 2. The van der Waals surface area contributed by atoms with Crippen molar-refractivity contribution in [1.29, 1.82) is 5.26 Å². The van der Waals surface area contributed by atoms with Crippen LogP contribution in [0.15, 0.2) is 48.5 Å². The maximum Gasteiger partial charge on any atom is 0.315 e. The van der Waals surface area contributed by atoms with E-state index in [1.165, 1.54) is 0 Å². The van der Waals surface area contributed by atoms with Crippen molar-refractivity contribution < 1.29 is 9.59 Å². The van der Waals surface area contributed by atoms with Crippen LogP contribution in [0.1, 0.15) is 63.0 Å². The summed E-state index contributed by atoms with van der Waals surface area (Å²) in [5, 5.41) is 15.4. The number of nitrogens with one attached hydrogen (secondary N) is 2. The molecule has 2 fully saturated rings. The summed E-state index contributed by atoms with van der Waals surface area (Å²) in [6.07, 6.45) is 5.73. The Hall–Kier alpha value is -2.82. The summed E-state index contributed by atoms with van der Waals surface area (Å²) in [6, 6.07) is 18.0. The molecule has 0 aromatic heterocycles. The predicted molar refractivity (Wildman–Crippen MR) is 141 cm³/mol. The van der Waals surface area contributed by atoms with Crippen LogP contribution in [0.4, 0.5) is 4.79 Å². The maximum atomic E-state index is 13.4. The van der Waals surface area contributed by atoms with E-state index in [-0.39, 0.29) is 23.9 Å². The fourth-order valence-corrected chi connectivity index (χ4v) is 6.64. The van der Waals surface area contributed by atoms with Gasteiger partial charge in [-0.1, -0.05) is 62.6 Å². The second kappa shape index (κ2) is 11.3. The number of fused-ring (bicyclic) bond motifs is 1. The Morgan fingerprint density at radius 2 is 1.77 bits per heavy atom. The van der Waals surface area contributed by atoms with Crippen LogP contribution in [0.5, 0.6) is 0 Å². The molecular formula is C28H34N4O2S. The van der Waals surface area contributed by atoms with Crippen LogP contribution in [-0.2, 0) is 10.3 Å².